The molecular weight excluding hydrogens is 336 g/mol. The van der Waals surface area contributed by atoms with Gasteiger partial charge in [-0.2, -0.15) is 0 Å². The van der Waals surface area contributed by atoms with Gasteiger partial charge in [0.05, 0.1) is 15.8 Å². The first-order valence-corrected chi connectivity index (χ1v) is 6.09. The van der Waals surface area contributed by atoms with E-state index in [-0.39, 0.29) is 27.4 Å². The number of anilines is 3. The Bertz CT molecular complexity index is 695. The zero-order chi connectivity index (χ0) is 14.9. The van der Waals surface area contributed by atoms with Crippen LogP contribution in [0.3, 0.4) is 0 Å². The molecule has 0 saturated heterocycles. The summed E-state index contributed by atoms with van der Waals surface area (Å²) >= 11 is 2.92. The number of carboxylic acid groups (broad SMARTS) is 1. The highest BCUT2D eigenvalue weighted by atomic mass is 79.9. The maximum atomic E-state index is 13.6. The van der Waals surface area contributed by atoms with E-state index in [1.165, 1.54) is 18.2 Å². The van der Waals surface area contributed by atoms with Crippen LogP contribution in [0.1, 0.15) is 10.5 Å². The van der Waals surface area contributed by atoms with Crippen molar-refractivity contribution in [1.29, 1.82) is 0 Å². The van der Waals surface area contributed by atoms with E-state index < -0.39 is 17.6 Å². The fourth-order valence-corrected chi connectivity index (χ4v) is 1.78. The minimum absolute atomic E-state index is 0.0256. The predicted octanol–water partition coefficient (Wildman–Crippen LogP) is 3.15. The summed E-state index contributed by atoms with van der Waals surface area (Å²) in [5.41, 5.74) is 5.43. The Morgan fingerprint density at radius 3 is 2.65 bits per heavy atom. The number of rotatable bonds is 3. The Morgan fingerprint density at radius 1 is 1.30 bits per heavy atom. The standard InChI is InChI=1S/C12H8BrF2N3O2/c13-5-3-10(7(15)4-6(5)14)18-11-8(16)1-2-9(17-11)12(19)20/h1-4H,16H2,(H,17,18)(H,19,20). The molecule has 0 atom stereocenters. The number of hydrogen-bond acceptors (Lipinski definition) is 4. The molecule has 0 fully saturated rings. The van der Waals surface area contributed by atoms with Crippen molar-refractivity contribution >= 4 is 39.1 Å². The highest BCUT2D eigenvalue weighted by Gasteiger charge is 2.12. The minimum atomic E-state index is -1.24. The molecule has 0 aliphatic carbocycles. The van der Waals surface area contributed by atoms with Gasteiger partial charge in [0.2, 0.25) is 0 Å². The summed E-state index contributed by atoms with van der Waals surface area (Å²) in [5, 5.41) is 11.4. The smallest absolute Gasteiger partial charge is 0.354 e. The average molecular weight is 344 g/mol. The third-order valence-electron chi connectivity index (χ3n) is 2.41. The summed E-state index contributed by atoms with van der Waals surface area (Å²) in [6.45, 7) is 0. The van der Waals surface area contributed by atoms with Crippen LogP contribution < -0.4 is 11.1 Å². The molecule has 4 N–H and O–H groups in total. The van der Waals surface area contributed by atoms with Crippen LogP contribution in [-0.4, -0.2) is 16.1 Å². The molecule has 0 amide bonds. The molecule has 0 bridgehead atoms. The number of aromatic nitrogens is 1. The lowest BCUT2D eigenvalue weighted by Crippen LogP contribution is -2.06. The van der Waals surface area contributed by atoms with Crippen molar-refractivity contribution in [2.75, 3.05) is 11.1 Å². The van der Waals surface area contributed by atoms with Crippen molar-refractivity contribution in [3.8, 4) is 0 Å². The lowest BCUT2D eigenvalue weighted by atomic mass is 10.2. The van der Waals surface area contributed by atoms with Crippen LogP contribution >= 0.6 is 15.9 Å². The molecule has 104 valence electrons. The molecule has 0 aliphatic rings. The third-order valence-corrected chi connectivity index (χ3v) is 3.02. The van der Waals surface area contributed by atoms with E-state index in [1.807, 2.05) is 0 Å². The molecule has 0 unspecified atom stereocenters. The van der Waals surface area contributed by atoms with Crippen LogP contribution in [0.5, 0.6) is 0 Å². The van der Waals surface area contributed by atoms with Gasteiger partial charge < -0.3 is 16.2 Å². The fourth-order valence-electron chi connectivity index (χ4n) is 1.44. The van der Waals surface area contributed by atoms with E-state index in [9.17, 15) is 13.6 Å². The first-order chi connectivity index (χ1) is 9.38. The van der Waals surface area contributed by atoms with E-state index in [1.54, 1.807) is 0 Å². The second-order valence-corrected chi connectivity index (χ2v) is 4.66. The Hall–Kier alpha value is -2.22. The molecule has 20 heavy (non-hydrogen) atoms. The number of nitrogens with one attached hydrogen (secondary N) is 1. The van der Waals surface area contributed by atoms with Crippen LogP contribution in [-0.2, 0) is 0 Å². The van der Waals surface area contributed by atoms with Crippen LogP contribution in [0, 0.1) is 11.6 Å². The molecule has 1 aromatic carbocycles. The van der Waals surface area contributed by atoms with Gasteiger partial charge in [-0.15, -0.1) is 0 Å². The predicted molar refractivity (Wildman–Crippen MR) is 72.9 cm³/mol. The maximum Gasteiger partial charge on any atom is 0.354 e. The van der Waals surface area contributed by atoms with E-state index in [4.69, 9.17) is 10.8 Å². The van der Waals surface area contributed by atoms with Gasteiger partial charge in [-0.1, -0.05) is 0 Å². The second kappa shape index (κ2) is 5.41. The summed E-state index contributed by atoms with van der Waals surface area (Å²) in [5.74, 6) is -2.88. The van der Waals surface area contributed by atoms with Gasteiger partial charge in [-0.25, -0.2) is 18.6 Å². The number of pyridine rings is 1. The maximum absolute atomic E-state index is 13.6. The summed E-state index contributed by atoms with van der Waals surface area (Å²) in [7, 11) is 0. The number of benzene rings is 1. The normalized spacial score (nSPS) is 10.3. The number of hydrogen-bond donors (Lipinski definition) is 3. The quantitative estimate of drug-likeness (QED) is 0.745. The number of halogens is 3. The van der Waals surface area contributed by atoms with Crippen LogP contribution in [0.15, 0.2) is 28.7 Å². The van der Waals surface area contributed by atoms with Crippen molar-refractivity contribution in [2.45, 2.75) is 0 Å². The topological polar surface area (TPSA) is 88.2 Å². The Balaban J connectivity index is 2.42. The van der Waals surface area contributed by atoms with E-state index in [0.29, 0.717) is 6.07 Å². The molecule has 2 rings (SSSR count). The third kappa shape index (κ3) is 2.85. The van der Waals surface area contributed by atoms with Crippen molar-refractivity contribution in [1.82, 2.24) is 4.98 Å². The van der Waals surface area contributed by atoms with Gasteiger partial charge in [-0.05, 0) is 34.1 Å². The number of nitrogens with zero attached hydrogens (tertiary/aromatic N) is 1. The van der Waals surface area contributed by atoms with Gasteiger partial charge >= 0.3 is 5.97 Å². The van der Waals surface area contributed by atoms with Crippen molar-refractivity contribution in [3.63, 3.8) is 0 Å². The summed E-state index contributed by atoms with van der Waals surface area (Å²) in [6, 6.07) is 4.40. The molecule has 0 saturated carbocycles. The Kier molecular flexibility index (Phi) is 3.84. The molecule has 0 radical (unpaired) electrons. The number of aromatic carboxylic acids is 1. The number of nitrogens with two attached hydrogens (primary N) is 1. The molecule has 1 aromatic heterocycles. The van der Waals surface area contributed by atoms with Gasteiger partial charge in [0.15, 0.2) is 11.5 Å². The van der Waals surface area contributed by atoms with Gasteiger partial charge in [0.1, 0.15) is 11.6 Å². The lowest BCUT2D eigenvalue weighted by Gasteiger charge is -2.10. The van der Waals surface area contributed by atoms with E-state index in [0.717, 1.165) is 0 Å². The van der Waals surface area contributed by atoms with E-state index >= 15 is 0 Å². The molecule has 5 nitrogen and oxygen atoms in total. The van der Waals surface area contributed by atoms with Crippen molar-refractivity contribution in [3.05, 3.63) is 46.1 Å². The summed E-state index contributed by atoms with van der Waals surface area (Å²) in [4.78, 5) is 14.6. The molecule has 2 aromatic rings. The first kappa shape index (κ1) is 14.2. The molecule has 0 spiro atoms. The van der Waals surface area contributed by atoms with Crippen LogP contribution in [0.25, 0.3) is 0 Å². The van der Waals surface area contributed by atoms with E-state index in [2.05, 4.69) is 26.2 Å². The van der Waals surface area contributed by atoms with Crippen LogP contribution in [0.2, 0.25) is 0 Å². The van der Waals surface area contributed by atoms with Crippen molar-refractivity contribution < 1.29 is 18.7 Å². The largest absolute Gasteiger partial charge is 0.477 e. The van der Waals surface area contributed by atoms with Crippen molar-refractivity contribution in [2.24, 2.45) is 0 Å². The SMILES string of the molecule is Nc1ccc(C(=O)O)nc1Nc1cc(Br)c(F)cc1F. The molecule has 1 heterocycles. The number of carbonyl (C=O) groups is 1. The monoisotopic (exact) mass is 343 g/mol. The Morgan fingerprint density at radius 2 is 2.00 bits per heavy atom. The number of carboxylic acids is 1. The summed E-state index contributed by atoms with van der Waals surface area (Å²) < 4.78 is 26.8. The highest BCUT2D eigenvalue weighted by molar-refractivity contribution is 9.10. The van der Waals surface area contributed by atoms with Gasteiger partial charge in [0.25, 0.3) is 0 Å². The zero-order valence-corrected chi connectivity index (χ0v) is 11.4. The average Bonchev–Trinajstić information content (AvgIpc) is 2.38. The summed E-state index contributed by atoms with van der Waals surface area (Å²) in [6.07, 6.45) is 0. The number of nitrogen functional groups attached to an aromatic ring is 1. The molecular formula is C12H8BrF2N3O2. The van der Waals surface area contributed by atoms with Gasteiger partial charge in [-0.3, -0.25) is 0 Å². The fraction of sp³-hybridized carbons (Fsp3) is 0. The van der Waals surface area contributed by atoms with Crippen LogP contribution in [0.4, 0.5) is 26.0 Å². The zero-order valence-electron chi connectivity index (χ0n) is 9.82. The Labute approximate surface area is 120 Å². The highest BCUT2D eigenvalue weighted by Crippen LogP contribution is 2.28. The second-order valence-electron chi connectivity index (χ2n) is 3.81. The van der Waals surface area contributed by atoms with Gasteiger partial charge in [0, 0.05) is 6.07 Å². The minimum Gasteiger partial charge on any atom is -0.477 e. The first-order valence-electron chi connectivity index (χ1n) is 5.30. The lowest BCUT2D eigenvalue weighted by molar-refractivity contribution is 0.0690. The molecule has 8 heteroatoms. The molecule has 0 aliphatic heterocycles.